The number of aromatic nitrogens is 1. The molecule has 0 saturated carbocycles. The van der Waals surface area contributed by atoms with E-state index in [4.69, 9.17) is 16.6 Å². The Morgan fingerprint density at radius 3 is 2.56 bits per heavy atom. The number of anilines is 1. The lowest BCUT2D eigenvalue weighted by Crippen LogP contribution is -2.21. The highest BCUT2D eigenvalue weighted by Crippen LogP contribution is 2.32. The average molecular weight is 265 g/mol. The minimum absolute atomic E-state index is 0.175. The van der Waals surface area contributed by atoms with Crippen LogP contribution in [0.4, 0.5) is 19.0 Å². The number of rotatable bonds is 4. The van der Waals surface area contributed by atoms with Gasteiger partial charge in [0, 0.05) is 18.3 Å². The van der Waals surface area contributed by atoms with Crippen molar-refractivity contribution in [1.29, 1.82) is 0 Å². The third-order valence-electron chi connectivity index (χ3n) is 2.00. The van der Waals surface area contributed by atoms with Gasteiger partial charge in [0.25, 0.3) is 0 Å². The predicted molar refractivity (Wildman–Crippen MR) is 54.6 cm³/mol. The first kappa shape index (κ1) is 14.0. The van der Waals surface area contributed by atoms with Gasteiger partial charge in [0.2, 0.25) is 0 Å². The topological polar surface area (TPSA) is 111 Å². The number of aliphatic carboxylic acids is 1. The number of carboxylic acids is 1. The fourth-order valence-electron chi connectivity index (χ4n) is 1.32. The highest BCUT2D eigenvalue weighted by Gasteiger charge is 2.34. The first-order valence-corrected chi connectivity index (χ1v) is 4.68. The number of carboxylic acid groups (broad SMARTS) is 1. The molecular weight excluding hydrogens is 255 g/mol. The largest absolute Gasteiger partial charge is 0.573 e. The second kappa shape index (κ2) is 5.08. The minimum atomic E-state index is -4.97. The number of hydrogen-bond acceptors (Lipinski definition) is 5. The molecular formula is C9H10F3N3O3. The number of nitrogen functional groups attached to an aromatic ring is 1. The number of nitrogens with zero attached hydrogens (tertiary/aromatic N) is 1. The van der Waals surface area contributed by atoms with Gasteiger partial charge >= 0.3 is 12.3 Å². The molecule has 0 aliphatic rings. The molecule has 0 radical (unpaired) electrons. The molecule has 1 aromatic heterocycles. The molecule has 1 aromatic rings. The highest BCUT2D eigenvalue weighted by molar-refractivity contribution is 5.72. The van der Waals surface area contributed by atoms with Crippen LogP contribution in [0.5, 0.6) is 5.75 Å². The number of nitrogens with two attached hydrogens (primary N) is 2. The summed E-state index contributed by atoms with van der Waals surface area (Å²) in [4.78, 5) is 14.1. The summed E-state index contributed by atoms with van der Waals surface area (Å²) >= 11 is 0. The quantitative estimate of drug-likeness (QED) is 0.736. The summed E-state index contributed by atoms with van der Waals surface area (Å²) in [6.45, 7) is -0.349. The van der Waals surface area contributed by atoms with Crippen molar-refractivity contribution in [2.24, 2.45) is 5.73 Å². The maximum absolute atomic E-state index is 12.2. The Kier molecular flexibility index (Phi) is 3.96. The van der Waals surface area contributed by atoms with Crippen LogP contribution < -0.4 is 16.2 Å². The number of pyridine rings is 1. The van der Waals surface area contributed by atoms with Crippen LogP contribution in [0.2, 0.25) is 0 Å². The van der Waals surface area contributed by atoms with Gasteiger partial charge in [0.1, 0.15) is 11.6 Å². The average Bonchev–Trinajstić information content (AvgIpc) is 2.20. The van der Waals surface area contributed by atoms with Crippen molar-refractivity contribution >= 4 is 11.8 Å². The van der Waals surface area contributed by atoms with Gasteiger partial charge < -0.3 is 21.3 Å². The molecule has 0 aromatic carbocycles. The Balaban J connectivity index is 3.29. The number of alkyl halides is 3. The molecule has 5 N–H and O–H groups in total. The molecule has 1 rings (SSSR count). The van der Waals surface area contributed by atoms with Crippen LogP contribution >= 0.6 is 0 Å². The maximum Gasteiger partial charge on any atom is 0.573 e. The first-order chi connectivity index (χ1) is 8.24. The summed E-state index contributed by atoms with van der Waals surface area (Å²) < 4.78 is 40.5. The van der Waals surface area contributed by atoms with Crippen molar-refractivity contribution in [2.45, 2.75) is 19.3 Å². The molecule has 9 heteroatoms. The smallest absolute Gasteiger partial charge is 0.481 e. The fourth-order valence-corrected chi connectivity index (χ4v) is 1.32. The third-order valence-corrected chi connectivity index (χ3v) is 2.00. The van der Waals surface area contributed by atoms with E-state index >= 15 is 0 Å². The third kappa shape index (κ3) is 3.48. The number of halogens is 3. The Hall–Kier alpha value is -2.03. The van der Waals surface area contributed by atoms with E-state index in [1.54, 1.807) is 0 Å². The molecule has 100 valence electrons. The van der Waals surface area contributed by atoms with Gasteiger partial charge in [-0.3, -0.25) is 4.79 Å². The SMILES string of the molecule is NCc1c(N)ncc(CC(=O)O)c1OC(F)(F)F. The Morgan fingerprint density at radius 2 is 2.11 bits per heavy atom. The van der Waals surface area contributed by atoms with Gasteiger partial charge in [0.15, 0.2) is 0 Å². The van der Waals surface area contributed by atoms with E-state index in [0.717, 1.165) is 6.20 Å². The van der Waals surface area contributed by atoms with Crippen LogP contribution in [0.3, 0.4) is 0 Å². The monoisotopic (exact) mass is 265 g/mol. The number of ether oxygens (including phenoxy) is 1. The van der Waals surface area contributed by atoms with E-state index in [1.807, 2.05) is 0 Å². The van der Waals surface area contributed by atoms with Crippen LogP contribution in [-0.2, 0) is 17.8 Å². The van der Waals surface area contributed by atoms with Crippen molar-refractivity contribution in [3.8, 4) is 5.75 Å². The second-order valence-electron chi connectivity index (χ2n) is 3.30. The van der Waals surface area contributed by atoms with E-state index < -0.39 is 24.5 Å². The van der Waals surface area contributed by atoms with E-state index in [2.05, 4.69) is 9.72 Å². The molecule has 1 heterocycles. The molecule has 0 aliphatic carbocycles. The summed E-state index contributed by atoms with van der Waals surface area (Å²) in [5.74, 6) is -2.25. The standard InChI is InChI=1S/C9H10F3N3O3/c10-9(11,12)18-7-4(1-6(16)17)3-15-8(14)5(7)2-13/h3H,1-2,13H2,(H2,14,15)(H,16,17). The van der Waals surface area contributed by atoms with Crippen molar-refractivity contribution < 1.29 is 27.8 Å². The second-order valence-corrected chi connectivity index (χ2v) is 3.30. The normalized spacial score (nSPS) is 11.3. The van der Waals surface area contributed by atoms with Gasteiger partial charge in [-0.1, -0.05) is 0 Å². The van der Waals surface area contributed by atoms with Crippen molar-refractivity contribution in [3.63, 3.8) is 0 Å². The number of hydrogen-bond donors (Lipinski definition) is 3. The number of carbonyl (C=O) groups is 1. The van der Waals surface area contributed by atoms with Crippen molar-refractivity contribution in [1.82, 2.24) is 4.98 Å². The van der Waals surface area contributed by atoms with Crippen molar-refractivity contribution in [3.05, 3.63) is 17.3 Å². The summed E-state index contributed by atoms with van der Waals surface area (Å²) in [6.07, 6.45) is -4.72. The molecule has 6 nitrogen and oxygen atoms in total. The molecule has 0 atom stereocenters. The van der Waals surface area contributed by atoms with Gasteiger partial charge in [-0.15, -0.1) is 13.2 Å². The molecule has 18 heavy (non-hydrogen) atoms. The van der Waals surface area contributed by atoms with E-state index in [9.17, 15) is 18.0 Å². The fraction of sp³-hybridized carbons (Fsp3) is 0.333. The molecule has 0 spiro atoms. The maximum atomic E-state index is 12.2. The molecule has 0 bridgehead atoms. The molecule has 0 fully saturated rings. The molecule has 0 amide bonds. The first-order valence-electron chi connectivity index (χ1n) is 4.68. The Bertz CT molecular complexity index is 462. The zero-order valence-electron chi connectivity index (χ0n) is 8.99. The molecule has 0 aliphatic heterocycles. The zero-order chi connectivity index (χ0) is 13.9. The lowest BCUT2D eigenvalue weighted by molar-refractivity contribution is -0.275. The van der Waals surface area contributed by atoms with E-state index in [-0.39, 0.29) is 23.5 Å². The van der Waals surface area contributed by atoms with E-state index in [1.165, 1.54) is 0 Å². The van der Waals surface area contributed by atoms with Crippen LogP contribution in [0.15, 0.2) is 6.20 Å². The molecule has 0 unspecified atom stereocenters. The minimum Gasteiger partial charge on any atom is -0.481 e. The lowest BCUT2D eigenvalue weighted by atomic mass is 10.1. The zero-order valence-corrected chi connectivity index (χ0v) is 8.99. The van der Waals surface area contributed by atoms with Gasteiger partial charge in [0.05, 0.1) is 12.0 Å². The summed E-state index contributed by atoms with van der Waals surface area (Å²) in [5, 5.41) is 8.60. The van der Waals surface area contributed by atoms with E-state index in [0.29, 0.717) is 0 Å². The van der Waals surface area contributed by atoms with Crippen LogP contribution in [0.25, 0.3) is 0 Å². The summed E-state index contributed by atoms with van der Waals surface area (Å²) in [7, 11) is 0. The van der Waals surface area contributed by atoms with Gasteiger partial charge in [-0.2, -0.15) is 0 Å². The van der Waals surface area contributed by atoms with Crippen molar-refractivity contribution in [2.75, 3.05) is 5.73 Å². The van der Waals surface area contributed by atoms with Crippen LogP contribution in [0, 0.1) is 0 Å². The Morgan fingerprint density at radius 1 is 1.50 bits per heavy atom. The van der Waals surface area contributed by atoms with Crippen LogP contribution in [0.1, 0.15) is 11.1 Å². The Labute approximate surface area is 99.4 Å². The predicted octanol–water partition coefficient (Wildman–Crippen LogP) is 0.648. The highest BCUT2D eigenvalue weighted by atomic mass is 19.4. The summed E-state index contributed by atoms with van der Waals surface area (Å²) in [6, 6.07) is 0. The van der Waals surface area contributed by atoms with Gasteiger partial charge in [-0.25, -0.2) is 4.98 Å². The van der Waals surface area contributed by atoms with Crippen LogP contribution in [-0.4, -0.2) is 22.4 Å². The molecule has 0 saturated heterocycles. The lowest BCUT2D eigenvalue weighted by Gasteiger charge is -2.16. The van der Waals surface area contributed by atoms with Gasteiger partial charge in [-0.05, 0) is 0 Å². The summed E-state index contributed by atoms with van der Waals surface area (Å²) in [5.41, 5.74) is 10.2.